The number of anilines is 1. The van der Waals surface area contributed by atoms with E-state index < -0.39 is 0 Å². The molecule has 88 valence electrons. The van der Waals surface area contributed by atoms with Crippen molar-refractivity contribution in [2.45, 2.75) is 12.0 Å². The summed E-state index contributed by atoms with van der Waals surface area (Å²) in [5.41, 5.74) is 1.06. The molecule has 1 aliphatic heterocycles. The van der Waals surface area contributed by atoms with Gasteiger partial charge in [0.1, 0.15) is 0 Å². The predicted molar refractivity (Wildman–Crippen MR) is 69.8 cm³/mol. The van der Waals surface area contributed by atoms with Crippen LogP contribution in [0.4, 0.5) is 5.69 Å². The van der Waals surface area contributed by atoms with E-state index in [1.165, 1.54) is 5.69 Å². The predicted octanol–water partition coefficient (Wildman–Crippen LogP) is 1.61. The Bertz CT molecular complexity index is 366. The van der Waals surface area contributed by atoms with Gasteiger partial charge in [-0.15, -0.1) is 0 Å². The maximum Gasteiger partial charge on any atom is 0.0631 e. The fourth-order valence-electron chi connectivity index (χ4n) is 2.20. The largest absolute Gasteiger partial charge is 0.394 e. The molecule has 16 heavy (non-hydrogen) atoms. The molecule has 1 saturated heterocycles. The van der Waals surface area contributed by atoms with Gasteiger partial charge in [0.25, 0.3) is 0 Å². The molecule has 1 fully saturated rings. The van der Waals surface area contributed by atoms with E-state index in [1.54, 1.807) is 0 Å². The number of aliphatic hydroxyl groups excluding tert-OH is 1. The number of halogens is 1. The monoisotopic (exact) mass is 284 g/mol. The van der Waals surface area contributed by atoms with Crippen LogP contribution in [0.25, 0.3) is 0 Å². The fourth-order valence-corrected chi connectivity index (χ4v) is 2.73. The molecule has 1 aromatic rings. The summed E-state index contributed by atoms with van der Waals surface area (Å²) in [6.45, 7) is 2.01. The molecule has 0 bridgehead atoms. The summed E-state index contributed by atoms with van der Waals surface area (Å²) in [5.74, 6) is 0. The van der Waals surface area contributed by atoms with Gasteiger partial charge in [0.05, 0.1) is 17.8 Å². The minimum Gasteiger partial charge on any atom is -0.394 e. The van der Waals surface area contributed by atoms with Crippen LogP contribution in [0.3, 0.4) is 0 Å². The maximum absolute atomic E-state index is 9.45. The normalized spacial score (nSPS) is 25.1. The Hall–Kier alpha value is -0.580. The van der Waals surface area contributed by atoms with Crippen molar-refractivity contribution in [1.82, 2.24) is 5.32 Å². The second-order valence-corrected chi connectivity index (χ2v) is 5.17. The molecular formula is C12H17BrN2O. The van der Waals surface area contributed by atoms with E-state index >= 15 is 0 Å². The van der Waals surface area contributed by atoms with Crippen LogP contribution < -0.4 is 10.2 Å². The van der Waals surface area contributed by atoms with Gasteiger partial charge in [0.15, 0.2) is 0 Å². The van der Waals surface area contributed by atoms with Crippen molar-refractivity contribution in [3.8, 4) is 0 Å². The molecule has 1 heterocycles. The van der Waals surface area contributed by atoms with Crippen LogP contribution in [0.15, 0.2) is 28.7 Å². The second-order valence-electron chi connectivity index (χ2n) is 4.31. The lowest BCUT2D eigenvalue weighted by molar-refractivity contribution is 0.184. The van der Waals surface area contributed by atoms with Gasteiger partial charge in [-0.25, -0.2) is 0 Å². The number of hydrogen-bond donors (Lipinski definition) is 2. The van der Waals surface area contributed by atoms with Crippen LogP contribution in [0.5, 0.6) is 0 Å². The highest BCUT2D eigenvalue weighted by atomic mass is 79.9. The molecule has 4 heteroatoms. The summed E-state index contributed by atoms with van der Waals surface area (Å²) in [6.07, 6.45) is 0.974. The van der Waals surface area contributed by atoms with E-state index in [0.29, 0.717) is 0 Å². The molecule has 0 saturated carbocycles. The highest BCUT2D eigenvalue weighted by molar-refractivity contribution is 9.10. The van der Waals surface area contributed by atoms with E-state index in [1.807, 2.05) is 25.2 Å². The molecular weight excluding hydrogens is 268 g/mol. The number of rotatable bonds is 3. The van der Waals surface area contributed by atoms with Gasteiger partial charge in [-0.3, -0.25) is 0 Å². The van der Waals surface area contributed by atoms with E-state index in [4.69, 9.17) is 0 Å². The third-order valence-electron chi connectivity index (χ3n) is 3.38. The number of nitrogens with one attached hydrogen (secondary N) is 1. The Labute approximate surface area is 105 Å². The number of hydrogen-bond acceptors (Lipinski definition) is 3. The van der Waals surface area contributed by atoms with Gasteiger partial charge in [-0.2, -0.15) is 0 Å². The van der Waals surface area contributed by atoms with Crippen molar-refractivity contribution in [2.24, 2.45) is 0 Å². The smallest absolute Gasteiger partial charge is 0.0631 e. The molecule has 0 spiro atoms. The number of aliphatic hydroxyl groups is 1. The summed E-state index contributed by atoms with van der Waals surface area (Å²) < 4.78 is 1.11. The summed E-state index contributed by atoms with van der Waals surface area (Å²) in [5, 5.41) is 12.7. The number of nitrogens with zero attached hydrogens (tertiary/aromatic N) is 1. The first kappa shape index (κ1) is 11.9. The Balaban J connectivity index is 2.18. The molecule has 1 unspecified atom stereocenters. The average Bonchev–Trinajstić information content (AvgIpc) is 2.75. The highest BCUT2D eigenvalue weighted by Crippen LogP contribution is 2.31. The molecule has 1 aromatic carbocycles. The molecule has 0 aromatic heterocycles. The first-order chi connectivity index (χ1) is 7.71. The van der Waals surface area contributed by atoms with Crippen LogP contribution in [0, 0.1) is 0 Å². The minimum atomic E-state index is -0.144. The Morgan fingerprint density at radius 3 is 2.81 bits per heavy atom. The molecule has 2 rings (SSSR count). The Morgan fingerprint density at radius 1 is 1.50 bits per heavy atom. The second kappa shape index (κ2) is 4.73. The van der Waals surface area contributed by atoms with Gasteiger partial charge in [0.2, 0.25) is 0 Å². The van der Waals surface area contributed by atoms with Crippen LogP contribution >= 0.6 is 15.9 Å². The topological polar surface area (TPSA) is 35.5 Å². The Morgan fingerprint density at radius 2 is 2.25 bits per heavy atom. The SMILES string of the molecule is CNC1(CO)CCN(c2ccccc2Br)C1. The molecule has 0 amide bonds. The maximum atomic E-state index is 9.45. The number of para-hydroxylation sites is 1. The quantitative estimate of drug-likeness (QED) is 0.885. The molecule has 0 aliphatic carbocycles. The average molecular weight is 285 g/mol. The van der Waals surface area contributed by atoms with Crippen LogP contribution in [-0.4, -0.2) is 37.4 Å². The van der Waals surface area contributed by atoms with E-state index in [-0.39, 0.29) is 12.1 Å². The third-order valence-corrected chi connectivity index (χ3v) is 4.05. The van der Waals surface area contributed by atoms with E-state index in [0.717, 1.165) is 24.0 Å². The fraction of sp³-hybridized carbons (Fsp3) is 0.500. The third kappa shape index (κ3) is 2.10. The van der Waals surface area contributed by atoms with Gasteiger partial charge < -0.3 is 15.3 Å². The molecule has 1 atom stereocenters. The summed E-state index contributed by atoms with van der Waals surface area (Å²) in [7, 11) is 1.92. The summed E-state index contributed by atoms with van der Waals surface area (Å²) in [4.78, 5) is 2.30. The van der Waals surface area contributed by atoms with Gasteiger partial charge in [-0.1, -0.05) is 12.1 Å². The van der Waals surface area contributed by atoms with E-state index in [2.05, 4.69) is 32.2 Å². The van der Waals surface area contributed by atoms with E-state index in [9.17, 15) is 5.11 Å². The van der Waals surface area contributed by atoms with Crippen molar-refractivity contribution in [3.63, 3.8) is 0 Å². The molecule has 0 radical (unpaired) electrons. The lowest BCUT2D eigenvalue weighted by atomic mass is 10.0. The van der Waals surface area contributed by atoms with Crippen molar-refractivity contribution >= 4 is 21.6 Å². The lowest BCUT2D eigenvalue weighted by Gasteiger charge is -2.27. The zero-order valence-corrected chi connectivity index (χ0v) is 11.0. The Kier molecular flexibility index (Phi) is 3.52. The van der Waals surface area contributed by atoms with Crippen LogP contribution in [0.1, 0.15) is 6.42 Å². The summed E-state index contributed by atoms with van der Waals surface area (Å²) in [6, 6.07) is 8.21. The van der Waals surface area contributed by atoms with Crippen LogP contribution in [0.2, 0.25) is 0 Å². The zero-order valence-electron chi connectivity index (χ0n) is 9.41. The molecule has 2 N–H and O–H groups in total. The van der Waals surface area contributed by atoms with Gasteiger partial charge in [-0.05, 0) is 41.5 Å². The number of benzene rings is 1. The van der Waals surface area contributed by atoms with Crippen molar-refractivity contribution in [2.75, 3.05) is 31.6 Å². The first-order valence-corrected chi connectivity index (χ1v) is 6.29. The highest BCUT2D eigenvalue weighted by Gasteiger charge is 2.36. The van der Waals surface area contributed by atoms with Gasteiger partial charge >= 0.3 is 0 Å². The van der Waals surface area contributed by atoms with Crippen molar-refractivity contribution < 1.29 is 5.11 Å². The lowest BCUT2D eigenvalue weighted by Crippen LogP contribution is -2.48. The standard InChI is InChI=1S/C12H17BrN2O/c1-14-12(9-16)6-7-15(8-12)11-5-3-2-4-10(11)13/h2-5,14,16H,6-9H2,1H3. The molecule has 1 aliphatic rings. The zero-order chi connectivity index (χ0) is 11.6. The van der Waals surface area contributed by atoms with Crippen molar-refractivity contribution in [3.05, 3.63) is 28.7 Å². The number of likely N-dealkylation sites (N-methyl/N-ethyl adjacent to an activating group) is 1. The van der Waals surface area contributed by atoms with Crippen LogP contribution in [-0.2, 0) is 0 Å². The first-order valence-electron chi connectivity index (χ1n) is 5.50. The van der Waals surface area contributed by atoms with Crippen molar-refractivity contribution in [1.29, 1.82) is 0 Å². The minimum absolute atomic E-state index is 0.144. The van der Waals surface area contributed by atoms with Gasteiger partial charge in [0, 0.05) is 17.6 Å². The molecule has 3 nitrogen and oxygen atoms in total. The summed E-state index contributed by atoms with van der Waals surface area (Å²) >= 11 is 3.56.